The molecule has 3 heterocycles. The maximum atomic E-state index is 5.17. The van der Waals surface area contributed by atoms with Crippen LogP contribution >= 0.6 is 0 Å². The van der Waals surface area contributed by atoms with Crippen molar-refractivity contribution < 1.29 is 0 Å². The Labute approximate surface area is 390 Å². The average molecular weight is 861 g/mol. The van der Waals surface area contributed by atoms with Crippen molar-refractivity contribution in [3.05, 3.63) is 254 Å². The second-order valence-corrected chi connectivity index (χ2v) is 17.2. The molecular formula is C62H46N5+. The first-order valence-corrected chi connectivity index (χ1v) is 22.9. The lowest BCUT2D eigenvalue weighted by atomic mass is 9.88. The molecule has 0 atom stereocenters. The molecule has 12 rings (SSSR count). The number of benzene rings is 9. The summed E-state index contributed by atoms with van der Waals surface area (Å²) in [5, 5.41) is 2.35. The van der Waals surface area contributed by atoms with Gasteiger partial charge in [0, 0.05) is 40.9 Å². The Bertz CT molecular complexity index is 3700. The van der Waals surface area contributed by atoms with Crippen molar-refractivity contribution in [3.63, 3.8) is 0 Å². The lowest BCUT2D eigenvalue weighted by Gasteiger charge is -2.29. The highest BCUT2D eigenvalue weighted by molar-refractivity contribution is 6.10. The fraction of sp³-hybridized carbons (Fsp3) is 0.0323. The van der Waals surface area contributed by atoms with E-state index in [4.69, 9.17) is 4.98 Å². The molecular weight excluding hydrogens is 815 g/mol. The Morgan fingerprint density at radius 1 is 0.403 bits per heavy atom. The molecule has 0 aliphatic carbocycles. The Kier molecular flexibility index (Phi) is 9.88. The highest BCUT2D eigenvalue weighted by atomic mass is 15.2. The van der Waals surface area contributed by atoms with Crippen LogP contribution in [0.1, 0.15) is 11.1 Å². The van der Waals surface area contributed by atoms with Crippen LogP contribution in [0.2, 0.25) is 0 Å². The molecule has 67 heavy (non-hydrogen) atoms. The van der Waals surface area contributed by atoms with Crippen molar-refractivity contribution in [3.8, 4) is 50.6 Å². The number of aryl methyl sites for hydroxylation is 2. The lowest BCUT2D eigenvalue weighted by molar-refractivity contribution is 1.01. The summed E-state index contributed by atoms with van der Waals surface area (Å²) in [5.41, 5.74) is 19.3. The van der Waals surface area contributed by atoms with Crippen molar-refractivity contribution >= 4 is 49.9 Å². The highest BCUT2D eigenvalue weighted by Gasteiger charge is 2.24. The summed E-state index contributed by atoms with van der Waals surface area (Å²) in [6, 6.07) is 82.7. The molecule has 0 aliphatic heterocycles. The van der Waals surface area contributed by atoms with Gasteiger partial charge in [0.2, 0.25) is 0 Å². The standard InChI is InChI=1S/C62H46N5/c1-43-19-16-20-44(2)62(43)66(50-28-17-27-49(40-50)65-42-64(48-25-10-5-11-26-48)57-33-14-15-34-58(57)65)51-35-36-55-54-29-12-13-32-56(54)67(59(55)41-51)60-39-47(37-38-63-60)61-52(45-21-6-3-7-22-45)30-18-31-53(61)46-23-8-4-9-24-46/h3-42H,1-2H3/q+1. The van der Waals surface area contributed by atoms with Crippen LogP contribution < -0.4 is 4.90 Å². The third-order valence-electron chi connectivity index (χ3n) is 13.1. The van der Waals surface area contributed by atoms with Crippen LogP contribution in [0.3, 0.4) is 0 Å². The average Bonchev–Trinajstić information content (AvgIpc) is 3.94. The van der Waals surface area contributed by atoms with Gasteiger partial charge in [0.25, 0.3) is 0 Å². The van der Waals surface area contributed by atoms with Crippen LogP contribution in [0.5, 0.6) is 0 Å². The van der Waals surface area contributed by atoms with E-state index in [2.05, 4.69) is 269 Å². The van der Waals surface area contributed by atoms with Gasteiger partial charge in [-0.25, -0.2) is 4.98 Å². The number of anilines is 3. The Hall–Kier alpha value is -8.80. The van der Waals surface area contributed by atoms with Crippen molar-refractivity contribution in [2.45, 2.75) is 13.8 Å². The van der Waals surface area contributed by atoms with Gasteiger partial charge < -0.3 is 4.90 Å². The van der Waals surface area contributed by atoms with Crippen LogP contribution in [0.25, 0.3) is 83.4 Å². The van der Waals surface area contributed by atoms with Gasteiger partial charge in [-0.05, 0) is 113 Å². The van der Waals surface area contributed by atoms with Gasteiger partial charge in [0.1, 0.15) is 17.2 Å². The zero-order valence-electron chi connectivity index (χ0n) is 37.3. The van der Waals surface area contributed by atoms with E-state index in [1.165, 1.54) is 49.7 Å². The molecule has 0 fully saturated rings. The molecule has 0 spiro atoms. The number of fused-ring (bicyclic) bond motifs is 4. The second kappa shape index (κ2) is 16.6. The maximum Gasteiger partial charge on any atom is 0.168 e. The number of rotatable bonds is 9. The number of pyridine rings is 1. The van der Waals surface area contributed by atoms with Crippen LogP contribution in [-0.4, -0.2) is 18.7 Å². The number of nitrogens with zero attached hydrogens (tertiary/aromatic N) is 5. The van der Waals surface area contributed by atoms with Crippen LogP contribution in [0, 0.1) is 13.8 Å². The number of para-hydroxylation sites is 5. The third-order valence-corrected chi connectivity index (χ3v) is 13.1. The SMILES string of the molecule is Cc1cccc(C)c1N(c1cccc(-n2[cH+]n(-c3ccccc3)c3ccccc32)c1)c1ccc2c3ccccc3n(-c3cc(-c4c(-c5ccccc5)cccc4-c4ccccc4)ccn3)c2c1. The zero-order chi connectivity index (χ0) is 44.8. The summed E-state index contributed by atoms with van der Waals surface area (Å²) < 4.78 is 6.91. The third kappa shape index (κ3) is 6.96. The van der Waals surface area contributed by atoms with Crippen LogP contribution in [-0.2, 0) is 0 Å². The first-order valence-electron chi connectivity index (χ1n) is 22.9. The minimum absolute atomic E-state index is 0.856. The first-order chi connectivity index (χ1) is 33.1. The number of aromatic nitrogens is 4. The molecule has 0 saturated carbocycles. The molecule has 5 nitrogen and oxygen atoms in total. The molecule has 5 heteroatoms. The van der Waals surface area contributed by atoms with Crippen LogP contribution in [0.4, 0.5) is 17.1 Å². The topological polar surface area (TPSA) is 30.9 Å². The largest absolute Gasteiger partial charge is 0.309 e. The second-order valence-electron chi connectivity index (χ2n) is 17.2. The number of imidazole rings is 1. The van der Waals surface area contributed by atoms with Gasteiger partial charge in [0.15, 0.2) is 17.4 Å². The molecule has 3 aromatic heterocycles. The molecule has 0 aliphatic rings. The molecule has 0 amide bonds. The van der Waals surface area contributed by atoms with Crippen molar-refractivity contribution in [2.24, 2.45) is 0 Å². The molecule has 318 valence electrons. The monoisotopic (exact) mass is 860 g/mol. The van der Waals surface area contributed by atoms with Gasteiger partial charge in [-0.1, -0.05) is 158 Å². The van der Waals surface area contributed by atoms with E-state index in [0.29, 0.717) is 0 Å². The number of hydrogen-bond acceptors (Lipinski definition) is 2. The molecule has 0 bridgehead atoms. The summed E-state index contributed by atoms with van der Waals surface area (Å²) in [6.45, 7) is 4.42. The van der Waals surface area contributed by atoms with Gasteiger partial charge in [-0.3, -0.25) is 4.57 Å². The molecule has 0 N–H and O–H groups in total. The first kappa shape index (κ1) is 39.8. The van der Waals surface area contributed by atoms with E-state index in [0.717, 1.165) is 61.9 Å². The fourth-order valence-electron chi connectivity index (χ4n) is 10.1. The zero-order valence-corrected chi connectivity index (χ0v) is 37.3. The minimum atomic E-state index is 0.856. The Morgan fingerprint density at radius 2 is 0.940 bits per heavy atom. The summed E-state index contributed by atoms with van der Waals surface area (Å²) >= 11 is 0. The number of hydrogen-bond donors (Lipinski definition) is 0. The summed E-state index contributed by atoms with van der Waals surface area (Å²) in [4.78, 5) is 7.60. The van der Waals surface area contributed by atoms with Gasteiger partial charge in [0.05, 0.1) is 22.4 Å². The fourth-order valence-corrected chi connectivity index (χ4v) is 10.1. The molecule has 0 unspecified atom stereocenters. The Morgan fingerprint density at radius 3 is 1.63 bits per heavy atom. The highest BCUT2D eigenvalue weighted by Crippen LogP contribution is 2.44. The Balaban J connectivity index is 1.06. The van der Waals surface area contributed by atoms with Gasteiger partial charge in [-0.2, -0.15) is 9.13 Å². The molecule has 0 saturated heterocycles. The minimum Gasteiger partial charge on any atom is -0.309 e. The molecule has 9 aromatic carbocycles. The summed E-state index contributed by atoms with van der Waals surface area (Å²) in [7, 11) is 0. The summed E-state index contributed by atoms with van der Waals surface area (Å²) in [5.74, 6) is 0.856. The quantitative estimate of drug-likeness (QED) is 0.135. The van der Waals surface area contributed by atoms with Crippen molar-refractivity contribution in [1.82, 2.24) is 18.7 Å². The van der Waals surface area contributed by atoms with E-state index in [9.17, 15) is 0 Å². The van der Waals surface area contributed by atoms with E-state index in [1.807, 2.05) is 6.20 Å². The maximum absolute atomic E-state index is 5.17. The molecule has 12 aromatic rings. The van der Waals surface area contributed by atoms with Crippen molar-refractivity contribution in [1.29, 1.82) is 0 Å². The lowest BCUT2D eigenvalue weighted by Crippen LogP contribution is -2.13. The summed E-state index contributed by atoms with van der Waals surface area (Å²) in [6.07, 6.45) is 4.17. The van der Waals surface area contributed by atoms with Crippen molar-refractivity contribution in [2.75, 3.05) is 4.90 Å². The van der Waals surface area contributed by atoms with E-state index in [-0.39, 0.29) is 0 Å². The normalized spacial score (nSPS) is 11.4. The smallest absolute Gasteiger partial charge is 0.168 e. The van der Waals surface area contributed by atoms with Gasteiger partial charge >= 0.3 is 0 Å². The predicted molar refractivity (Wildman–Crippen MR) is 280 cm³/mol. The van der Waals surface area contributed by atoms with E-state index in [1.54, 1.807) is 0 Å². The van der Waals surface area contributed by atoms with Crippen LogP contribution in [0.15, 0.2) is 243 Å². The van der Waals surface area contributed by atoms with Gasteiger partial charge in [-0.15, -0.1) is 0 Å². The molecule has 0 radical (unpaired) electrons. The van der Waals surface area contributed by atoms with E-state index >= 15 is 0 Å². The predicted octanol–water partition coefficient (Wildman–Crippen LogP) is 16.3. The van der Waals surface area contributed by atoms with E-state index < -0.39 is 0 Å².